The van der Waals surface area contributed by atoms with Gasteiger partial charge in [0.15, 0.2) is 0 Å². The van der Waals surface area contributed by atoms with Crippen LogP contribution in [0.2, 0.25) is 5.02 Å². The van der Waals surface area contributed by atoms with E-state index >= 15 is 0 Å². The van der Waals surface area contributed by atoms with Gasteiger partial charge < -0.3 is 10.2 Å². The molecule has 1 aliphatic heterocycles. The van der Waals surface area contributed by atoms with Crippen LogP contribution in [0.1, 0.15) is 39.1 Å². The second kappa shape index (κ2) is 9.63. The zero-order chi connectivity index (χ0) is 22.5. The first-order valence-corrected chi connectivity index (χ1v) is 10.7. The Morgan fingerprint density at radius 2 is 1.78 bits per heavy atom. The second-order valence-electron chi connectivity index (χ2n) is 7.64. The predicted molar refractivity (Wildman–Crippen MR) is 122 cm³/mol. The van der Waals surface area contributed by atoms with Crippen LogP contribution in [0.4, 0.5) is 0 Å². The molecule has 7 heteroatoms. The number of nitrogens with one attached hydrogen (secondary N) is 1. The number of carbonyl (C=O) groups excluding carboxylic acids is 2. The molecule has 1 N–H and O–H groups in total. The third kappa shape index (κ3) is 4.79. The molecular weight excluding hydrogens is 424 g/mol. The summed E-state index contributed by atoms with van der Waals surface area (Å²) in [5.74, 6) is -0.197. The summed E-state index contributed by atoms with van der Waals surface area (Å²) in [6.07, 6.45) is 3.02. The number of nitrogens with zero attached hydrogens (tertiary/aromatic N) is 3. The first-order valence-electron chi connectivity index (χ1n) is 10.4. The Hall–Kier alpha value is -3.69. The largest absolute Gasteiger partial charge is 0.349 e. The van der Waals surface area contributed by atoms with Gasteiger partial charge in [-0.15, -0.1) is 0 Å². The third-order valence-electron chi connectivity index (χ3n) is 5.54. The van der Waals surface area contributed by atoms with Gasteiger partial charge in [0, 0.05) is 47.0 Å². The summed E-state index contributed by atoms with van der Waals surface area (Å²) < 4.78 is 0. The van der Waals surface area contributed by atoms with E-state index < -0.39 is 0 Å². The van der Waals surface area contributed by atoms with E-state index in [1.54, 1.807) is 59.6 Å². The Morgan fingerprint density at radius 1 is 1.03 bits per heavy atom. The van der Waals surface area contributed by atoms with Crippen LogP contribution in [0.3, 0.4) is 0 Å². The lowest BCUT2D eigenvalue weighted by molar-refractivity contribution is 0.0698. The van der Waals surface area contributed by atoms with Crippen LogP contribution in [-0.4, -0.2) is 40.8 Å². The van der Waals surface area contributed by atoms with Crippen molar-refractivity contribution in [2.75, 3.05) is 13.1 Å². The molecule has 4 rings (SSSR count). The number of carbonyl (C=O) groups is 2. The molecule has 160 valence electrons. The molecule has 2 heterocycles. The summed E-state index contributed by atoms with van der Waals surface area (Å²) >= 11 is 5.96. The van der Waals surface area contributed by atoms with E-state index in [1.807, 2.05) is 12.1 Å². The molecule has 0 radical (unpaired) electrons. The molecule has 0 spiro atoms. The molecule has 0 saturated carbocycles. The van der Waals surface area contributed by atoms with Crippen molar-refractivity contribution in [1.29, 1.82) is 5.26 Å². The average Bonchev–Trinajstić information content (AvgIpc) is 2.84. The number of aromatic nitrogens is 1. The molecule has 0 unspecified atom stereocenters. The predicted octanol–water partition coefficient (Wildman–Crippen LogP) is 4.31. The minimum atomic E-state index is -0.154. The van der Waals surface area contributed by atoms with Crippen LogP contribution in [0.15, 0.2) is 66.9 Å². The van der Waals surface area contributed by atoms with E-state index in [1.165, 1.54) is 0 Å². The molecule has 2 aromatic carbocycles. The van der Waals surface area contributed by atoms with Crippen molar-refractivity contribution >= 4 is 23.4 Å². The minimum Gasteiger partial charge on any atom is -0.349 e. The Labute approximate surface area is 191 Å². The summed E-state index contributed by atoms with van der Waals surface area (Å²) in [5, 5.41) is 12.8. The van der Waals surface area contributed by atoms with E-state index in [2.05, 4.69) is 16.4 Å². The Bertz CT molecular complexity index is 1180. The highest BCUT2D eigenvalue weighted by Gasteiger charge is 2.25. The Morgan fingerprint density at radius 3 is 2.47 bits per heavy atom. The molecule has 3 aromatic rings. The molecule has 2 amide bonds. The normalized spacial score (nSPS) is 13.9. The third-order valence-corrected chi connectivity index (χ3v) is 5.77. The number of pyridine rings is 1. The fourth-order valence-corrected chi connectivity index (χ4v) is 3.99. The first-order chi connectivity index (χ1) is 15.5. The van der Waals surface area contributed by atoms with Gasteiger partial charge in [-0.1, -0.05) is 29.8 Å². The van der Waals surface area contributed by atoms with Gasteiger partial charge >= 0.3 is 0 Å². The van der Waals surface area contributed by atoms with Crippen LogP contribution in [0.5, 0.6) is 0 Å². The average molecular weight is 445 g/mol. The van der Waals surface area contributed by atoms with E-state index in [4.69, 9.17) is 11.6 Å². The Balaban J connectivity index is 1.35. The van der Waals surface area contributed by atoms with Gasteiger partial charge in [-0.05, 0) is 55.3 Å². The number of nitriles is 1. The highest BCUT2D eigenvalue weighted by Crippen LogP contribution is 2.22. The zero-order valence-corrected chi connectivity index (χ0v) is 18.0. The van der Waals surface area contributed by atoms with Crippen molar-refractivity contribution in [2.45, 2.75) is 18.9 Å². The number of benzene rings is 2. The van der Waals surface area contributed by atoms with E-state index in [0.717, 1.165) is 5.56 Å². The smallest absolute Gasteiger partial charge is 0.253 e. The highest BCUT2D eigenvalue weighted by atomic mass is 35.5. The van der Waals surface area contributed by atoms with Gasteiger partial charge in [0.1, 0.15) is 6.07 Å². The van der Waals surface area contributed by atoms with Crippen molar-refractivity contribution in [1.82, 2.24) is 15.2 Å². The number of likely N-dealkylation sites (tertiary alicyclic amines) is 1. The Kier molecular flexibility index (Phi) is 6.48. The zero-order valence-electron chi connectivity index (χ0n) is 17.3. The maximum Gasteiger partial charge on any atom is 0.253 e. The van der Waals surface area contributed by atoms with Crippen LogP contribution < -0.4 is 5.32 Å². The summed E-state index contributed by atoms with van der Waals surface area (Å²) in [7, 11) is 0. The van der Waals surface area contributed by atoms with Gasteiger partial charge in [-0.3, -0.25) is 14.6 Å². The number of hydrogen-bond acceptors (Lipinski definition) is 4. The summed E-state index contributed by atoms with van der Waals surface area (Å²) in [5.41, 5.74) is 3.01. The fraction of sp³-hybridized carbons (Fsp3) is 0.200. The maximum atomic E-state index is 12.9. The lowest BCUT2D eigenvalue weighted by Crippen LogP contribution is -2.46. The number of piperidine rings is 1. The van der Waals surface area contributed by atoms with E-state index in [-0.39, 0.29) is 17.9 Å². The molecule has 0 aliphatic carbocycles. The molecule has 0 bridgehead atoms. The van der Waals surface area contributed by atoms with Crippen molar-refractivity contribution in [2.24, 2.45) is 0 Å². The SMILES string of the molecule is N#Cc1cccnc1-c1ccc(C(=O)N2CCC(NC(=O)c3cccc(Cl)c3)CC2)cc1. The molecule has 1 fully saturated rings. The van der Waals surface area contributed by atoms with Crippen molar-refractivity contribution in [3.63, 3.8) is 0 Å². The number of halogens is 1. The summed E-state index contributed by atoms with van der Waals surface area (Å²) in [6.45, 7) is 1.14. The maximum absolute atomic E-state index is 12.9. The molecule has 1 saturated heterocycles. The van der Waals surface area contributed by atoms with Crippen molar-refractivity contribution in [3.8, 4) is 17.3 Å². The van der Waals surface area contributed by atoms with Crippen LogP contribution >= 0.6 is 11.6 Å². The van der Waals surface area contributed by atoms with Crippen LogP contribution in [0, 0.1) is 11.3 Å². The quantitative estimate of drug-likeness (QED) is 0.649. The summed E-state index contributed by atoms with van der Waals surface area (Å²) in [4.78, 5) is 31.4. The minimum absolute atomic E-state index is 0.0152. The van der Waals surface area contributed by atoms with Crippen LogP contribution in [0.25, 0.3) is 11.3 Å². The fourth-order valence-electron chi connectivity index (χ4n) is 3.80. The van der Waals surface area contributed by atoms with Gasteiger partial charge in [0.2, 0.25) is 0 Å². The highest BCUT2D eigenvalue weighted by molar-refractivity contribution is 6.30. The molecule has 1 aliphatic rings. The topological polar surface area (TPSA) is 86.1 Å². The van der Waals surface area contributed by atoms with Gasteiger partial charge in [0.05, 0.1) is 11.3 Å². The number of rotatable bonds is 4. The van der Waals surface area contributed by atoms with Gasteiger partial charge in [-0.2, -0.15) is 5.26 Å². The van der Waals surface area contributed by atoms with E-state index in [9.17, 15) is 14.9 Å². The first kappa shape index (κ1) is 21.5. The number of amides is 2. The second-order valence-corrected chi connectivity index (χ2v) is 8.08. The van der Waals surface area contributed by atoms with Gasteiger partial charge in [0.25, 0.3) is 11.8 Å². The molecule has 6 nitrogen and oxygen atoms in total. The lowest BCUT2D eigenvalue weighted by Gasteiger charge is -2.32. The lowest BCUT2D eigenvalue weighted by atomic mass is 10.0. The monoisotopic (exact) mass is 444 g/mol. The molecule has 32 heavy (non-hydrogen) atoms. The summed E-state index contributed by atoms with van der Waals surface area (Å²) in [6, 6.07) is 19.6. The molecular formula is C25H21ClN4O2. The van der Waals surface area contributed by atoms with Crippen molar-refractivity contribution < 1.29 is 9.59 Å². The molecule has 1 aromatic heterocycles. The molecule has 0 atom stereocenters. The van der Waals surface area contributed by atoms with E-state index in [0.29, 0.717) is 53.3 Å². The van der Waals surface area contributed by atoms with Crippen molar-refractivity contribution in [3.05, 3.63) is 88.6 Å². The number of hydrogen-bond donors (Lipinski definition) is 1. The standard InChI is InChI=1S/C25H21ClN4O2/c26-21-5-1-3-19(15-21)24(31)29-22-10-13-30(14-11-22)25(32)18-8-6-17(7-9-18)23-20(16-27)4-2-12-28-23/h1-9,12,15,22H,10-11,13-14H2,(H,29,31). The van der Waals surface area contributed by atoms with Gasteiger partial charge in [-0.25, -0.2) is 0 Å². The van der Waals surface area contributed by atoms with Crippen LogP contribution in [-0.2, 0) is 0 Å².